The molecule has 0 aromatic rings. The number of hydrogen-bond donors (Lipinski definition) is 2. The Balaban J connectivity index is 5.10. The second kappa shape index (κ2) is 4.98. The number of hydrogen-bond acceptors (Lipinski definition) is 2. The molecule has 0 aliphatic heterocycles. The van der Waals surface area contributed by atoms with Crippen LogP contribution in [0.1, 0.15) is 40.0 Å². The molecule has 0 atom stereocenters. The highest BCUT2D eigenvalue weighted by Gasteiger charge is 2.44. The predicted octanol–water partition coefficient (Wildman–Crippen LogP) is 1.99. The number of carboxylic acids is 2. The number of aliphatic carboxylic acids is 2. The zero-order valence-corrected chi connectivity index (χ0v) is 8.91. The Morgan fingerprint density at radius 3 is 1.36 bits per heavy atom. The van der Waals surface area contributed by atoms with Crippen LogP contribution in [-0.2, 0) is 9.59 Å². The molecule has 0 aliphatic carbocycles. The van der Waals surface area contributed by atoms with Crippen LogP contribution >= 0.6 is 0 Å². The monoisotopic (exact) mass is 202 g/mol. The minimum Gasteiger partial charge on any atom is -0.481 e. The molecule has 0 heterocycles. The van der Waals surface area contributed by atoms with Crippen LogP contribution in [0.15, 0.2) is 0 Å². The number of carbonyl (C=O) groups is 2. The SMILES string of the molecule is CCC(CC)(CC)C(C(=O)O)C(=O)O. The molecule has 0 aliphatic rings. The summed E-state index contributed by atoms with van der Waals surface area (Å²) in [6, 6.07) is 0. The summed E-state index contributed by atoms with van der Waals surface area (Å²) >= 11 is 0. The van der Waals surface area contributed by atoms with Crippen LogP contribution in [0, 0.1) is 11.3 Å². The second-order valence-electron chi connectivity index (χ2n) is 3.53. The van der Waals surface area contributed by atoms with E-state index in [1.807, 2.05) is 20.8 Å². The fourth-order valence-corrected chi connectivity index (χ4v) is 1.99. The van der Waals surface area contributed by atoms with Crippen LogP contribution in [0.4, 0.5) is 0 Å². The van der Waals surface area contributed by atoms with Gasteiger partial charge in [-0.05, 0) is 24.7 Å². The van der Waals surface area contributed by atoms with E-state index in [-0.39, 0.29) is 0 Å². The predicted molar refractivity (Wildman–Crippen MR) is 52.1 cm³/mol. The molecule has 14 heavy (non-hydrogen) atoms. The van der Waals surface area contributed by atoms with Gasteiger partial charge in [0, 0.05) is 0 Å². The largest absolute Gasteiger partial charge is 0.481 e. The lowest BCUT2D eigenvalue weighted by Gasteiger charge is -2.33. The Kier molecular flexibility index (Phi) is 4.60. The van der Waals surface area contributed by atoms with Gasteiger partial charge in [-0.15, -0.1) is 0 Å². The smallest absolute Gasteiger partial charge is 0.318 e. The van der Waals surface area contributed by atoms with Gasteiger partial charge < -0.3 is 10.2 Å². The second-order valence-corrected chi connectivity index (χ2v) is 3.53. The average Bonchev–Trinajstić information content (AvgIpc) is 2.12. The fourth-order valence-electron chi connectivity index (χ4n) is 1.99. The van der Waals surface area contributed by atoms with Gasteiger partial charge in [-0.25, -0.2) is 0 Å². The van der Waals surface area contributed by atoms with Gasteiger partial charge in [0.25, 0.3) is 0 Å². The summed E-state index contributed by atoms with van der Waals surface area (Å²) in [5, 5.41) is 17.8. The van der Waals surface area contributed by atoms with E-state index in [2.05, 4.69) is 0 Å². The Labute approximate surface area is 83.9 Å². The Hall–Kier alpha value is -1.06. The molecule has 0 unspecified atom stereocenters. The van der Waals surface area contributed by atoms with Crippen molar-refractivity contribution in [1.29, 1.82) is 0 Å². The normalized spacial score (nSPS) is 11.7. The summed E-state index contributed by atoms with van der Waals surface area (Å²) in [6.07, 6.45) is 1.72. The lowest BCUT2D eigenvalue weighted by molar-refractivity contribution is -0.162. The first-order valence-corrected chi connectivity index (χ1v) is 4.90. The molecular weight excluding hydrogens is 184 g/mol. The summed E-state index contributed by atoms with van der Waals surface area (Å²) in [7, 11) is 0. The van der Waals surface area contributed by atoms with Crippen LogP contribution in [0.2, 0.25) is 0 Å². The van der Waals surface area contributed by atoms with Gasteiger partial charge >= 0.3 is 11.9 Å². The first-order valence-electron chi connectivity index (χ1n) is 4.90. The van der Waals surface area contributed by atoms with E-state index < -0.39 is 23.3 Å². The maximum Gasteiger partial charge on any atom is 0.318 e. The molecule has 0 bridgehead atoms. The summed E-state index contributed by atoms with van der Waals surface area (Å²) in [5.41, 5.74) is -0.613. The van der Waals surface area contributed by atoms with Gasteiger partial charge in [0.1, 0.15) is 0 Å². The Bertz CT molecular complexity index is 196. The molecule has 0 radical (unpaired) electrons. The van der Waals surface area contributed by atoms with Crippen molar-refractivity contribution < 1.29 is 19.8 Å². The summed E-state index contributed by atoms with van der Waals surface area (Å²) in [4.78, 5) is 21.8. The molecule has 0 saturated carbocycles. The van der Waals surface area contributed by atoms with Gasteiger partial charge in [-0.1, -0.05) is 20.8 Å². The summed E-state index contributed by atoms with van der Waals surface area (Å²) < 4.78 is 0. The van der Waals surface area contributed by atoms with Crippen LogP contribution < -0.4 is 0 Å². The summed E-state index contributed by atoms with van der Waals surface area (Å²) in [5.74, 6) is -3.76. The Morgan fingerprint density at radius 1 is 1.00 bits per heavy atom. The molecule has 0 amide bonds. The molecule has 0 saturated heterocycles. The standard InChI is InChI=1S/C10H18O4/c1-4-10(5-2,6-3)7(8(11)12)9(13)14/h7H,4-6H2,1-3H3,(H,11,12)(H,13,14). The average molecular weight is 202 g/mol. The van der Waals surface area contributed by atoms with Crippen molar-refractivity contribution in [2.45, 2.75) is 40.0 Å². The van der Waals surface area contributed by atoms with E-state index in [9.17, 15) is 9.59 Å². The highest BCUT2D eigenvalue weighted by Crippen LogP contribution is 2.39. The highest BCUT2D eigenvalue weighted by molar-refractivity contribution is 5.93. The van der Waals surface area contributed by atoms with Crippen molar-refractivity contribution in [2.75, 3.05) is 0 Å². The first-order chi connectivity index (χ1) is 6.45. The maximum atomic E-state index is 10.9. The van der Waals surface area contributed by atoms with Gasteiger partial charge in [0.15, 0.2) is 5.92 Å². The van der Waals surface area contributed by atoms with E-state index in [1.54, 1.807) is 0 Å². The van der Waals surface area contributed by atoms with E-state index in [1.165, 1.54) is 0 Å². The summed E-state index contributed by atoms with van der Waals surface area (Å²) in [6.45, 7) is 5.52. The van der Waals surface area contributed by atoms with E-state index >= 15 is 0 Å². The number of rotatable bonds is 6. The van der Waals surface area contributed by atoms with Crippen molar-refractivity contribution in [3.8, 4) is 0 Å². The lowest BCUT2D eigenvalue weighted by Crippen LogP contribution is -2.40. The molecule has 0 spiro atoms. The van der Waals surface area contributed by atoms with Crippen LogP contribution in [0.25, 0.3) is 0 Å². The molecule has 0 fully saturated rings. The molecule has 0 aromatic carbocycles. The quantitative estimate of drug-likeness (QED) is 0.646. The van der Waals surface area contributed by atoms with Crippen molar-refractivity contribution in [2.24, 2.45) is 11.3 Å². The molecule has 0 aromatic heterocycles. The van der Waals surface area contributed by atoms with Crippen LogP contribution in [0.3, 0.4) is 0 Å². The third-order valence-electron chi connectivity index (χ3n) is 3.22. The van der Waals surface area contributed by atoms with Gasteiger partial charge in [0.05, 0.1) is 0 Å². The zero-order chi connectivity index (χ0) is 11.4. The number of carboxylic acid groups (broad SMARTS) is 2. The van der Waals surface area contributed by atoms with E-state index in [0.717, 1.165) is 0 Å². The minimum atomic E-state index is -1.29. The first kappa shape index (κ1) is 12.9. The maximum absolute atomic E-state index is 10.9. The lowest BCUT2D eigenvalue weighted by atomic mass is 9.69. The minimum absolute atomic E-state index is 0.573. The molecule has 2 N–H and O–H groups in total. The topological polar surface area (TPSA) is 74.6 Å². The van der Waals surface area contributed by atoms with Crippen molar-refractivity contribution in [1.82, 2.24) is 0 Å². The zero-order valence-electron chi connectivity index (χ0n) is 8.91. The Morgan fingerprint density at radius 2 is 1.29 bits per heavy atom. The molecule has 4 heteroatoms. The fraction of sp³-hybridized carbons (Fsp3) is 0.800. The van der Waals surface area contributed by atoms with Crippen molar-refractivity contribution in [3.63, 3.8) is 0 Å². The molecular formula is C10H18O4. The van der Waals surface area contributed by atoms with Crippen molar-refractivity contribution >= 4 is 11.9 Å². The van der Waals surface area contributed by atoms with E-state index in [4.69, 9.17) is 10.2 Å². The molecule has 82 valence electrons. The van der Waals surface area contributed by atoms with Gasteiger partial charge in [0.2, 0.25) is 0 Å². The highest BCUT2D eigenvalue weighted by atomic mass is 16.4. The van der Waals surface area contributed by atoms with Gasteiger partial charge in [-0.2, -0.15) is 0 Å². The van der Waals surface area contributed by atoms with E-state index in [0.29, 0.717) is 19.3 Å². The third-order valence-corrected chi connectivity index (χ3v) is 3.22. The van der Waals surface area contributed by atoms with Crippen molar-refractivity contribution in [3.05, 3.63) is 0 Å². The van der Waals surface area contributed by atoms with Crippen LogP contribution in [0.5, 0.6) is 0 Å². The third kappa shape index (κ3) is 2.25. The van der Waals surface area contributed by atoms with Crippen LogP contribution in [-0.4, -0.2) is 22.2 Å². The molecule has 4 nitrogen and oxygen atoms in total. The van der Waals surface area contributed by atoms with Gasteiger partial charge in [-0.3, -0.25) is 9.59 Å². The molecule has 0 rings (SSSR count).